The Bertz CT molecular complexity index is 535. The Labute approximate surface area is 112 Å². The van der Waals surface area contributed by atoms with Gasteiger partial charge in [0.2, 0.25) is 5.89 Å². The number of hydrogen-bond donors (Lipinski definition) is 1. The molecule has 0 aliphatic carbocycles. The summed E-state index contributed by atoms with van der Waals surface area (Å²) in [6, 6.07) is 2.07. The molecule has 0 bridgehead atoms. The van der Waals surface area contributed by atoms with Crippen LogP contribution in [0, 0.1) is 6.92 Å². The van der Waals surface area contributed by atoms with Gasteiger partial charge in [-0.15, -0.1) is 0 Å². The molecule has 6 nitrogen and oxygen atoms in total. The van der Waals surface area contributed by atoms with Crippen molar-refractivity contribution >= 4 is 0 Å². The highest BCUT2D eigenvalue weighted by molar-refractivity contribution is 5.15. The van der Waals surface area contributed by atoms with Crippen molar-refractivity contribution in [2.24, 2.45) is 0 Å². The van der Waals surface area contributed by atoms with Gasteiger partial charge >= 0.3 is 0 Å². The van der Waals surface area contributed by atoms with Gasteiger partial charge in [0, 0.05) is 30.8 Å². The minimum Gasteiger partial charge on any atom is -0.340 e. The topological polar surface area (TPSA) is 70.8 Å². The molecule has 2 aromatic heterocycles. The summed E-state index contributed by atoms with van der Waals surface area (Å²) in [5, 5.41) is 11.2. The fourth-order valence-electron chi connectivity index (χ4n) is 2.90. The molecule has 0 saturated carbocycles. The summed E-state index contributed by atoms with van der Waals surface area (Å²) in [7, 11) is 0. The summed E-state index contributed by atoms with van der Waals surface area (Å²) in [4.78, 5) is 6.66. The van der Waals surface area contributed by atoms with Gasteiger partial charge in [0.15, 0.2) is 5.82 Å². The zero-order chi connectivity index (χ0) is 13.3. The molecule has 1 N–H and O–H groups in total. The van der Waals surface area contributed by atoms with Crippen molar-refractivity contribution in [1.29, 1.82) is 0 Å². The van der Waals surface area contributed by atoms with E-state index in [9.17, 15) is 0 Å². The second-order valence-electron chi connectivity index (χ2n) is 5.57. The minimum absolute atomic E-state index is 0.132. The molecule has 0 spiro atoms. The van der Waals surface area contributed by atoms with Gasteiger partial charge < -0.3 is 4.52 Å². The summed E-state index contributed by atoms with van der Waals surface area (Å²) in [6.45, 7) is 6.93. The maximum Gasteiger partial charge on any atom is 0.223 e. The first kappa shape index (κ1) is 12.3. The molecule has 1 atom stereocenters. The largest absolute Gasteiger partial charge is 0.340 e. The summed E-state index contributed by atoms with van der Waals surface area (Å²) < 4.78 is 5.03. The lowest BCUT2D eigenvalue weighted by atomic mass is 9.79. The Balaban J connectivity index is 1.71. The van der Waals surface area contributed by atoms with Crippen LogP contribution in [-0.4, -0.2) is 38.3 Å². The number of nitrogens with zero attached hydrogens (tertiary/aromatic N) is 4. The van der Waals surface area contributed by atoms with Crippen LogP contribution >= 0.6 is 0 Å². The number of likely N-dealkylation sites (tertiary alicyclic amines) is 1. The Hall–Kier alpha value is -1.69. The Morgan fingerprint density at radius 3 is 3.11 bits per heavy atom. The lowest BCUT2D eigenvalue weighted by molar-refractivity contribution is 0.143. The van der Waals surface area contributed by atoms with E-state index in [0.29, 0.717) is 5.89 Å². The second-order valence-corrected chi connectivity index (χ2v) is 5.57. The molecule has 102 valence electrons. The molecule has 0 aromatic carbocycles. The van der Waals surface area contributed by atoms with E-state index in [1.54, 1.807) is 0 Å². The van der Waals surface area contributed by atoms with Crippen LogP contribution in [0.5, 0.6) is 0 Å². The molecule has 3 heterocycles. The summed E-state index contributed by atoms with van der Waals surface area (Å²) in [5.41, 5.74) is 1.34. The summed E-state index contributed by atoms with van der Waals surface area (Å²) in [6.07, 6.45) is 4.17. The predicted octanol–water partition coefficient (Wildman–Crippen LogP) is 1.65. The van der Waals surface area contributed by atoms with E-state index in [4.69, 9.17) is 4.52 Å². The third-order valence-corrected chi connectivity index (χ3v) is 3.86. The van der Waals surface area contributed by atoms with Crippen LogP contribution in [0.2, 0.25) is 0 Å². The molecule has 0 amide bonds. The van der Waals surface area contributed by atoms with Crippen LogP contribution in [0.15, 0.2) is 16.8 Å². The van der Waals surface area contributed by atoms with Gasteiger partial charge in [0.1, 0.15) is 0 Å². The van der Waals surface area contributed by atoms with Gasteiger partial charge in [-0.1, -0.05) is 12.1 Å². The molecular formula is C13H19N5O. The van der Waals surface area contributed by atoms with Crippen molar-refractivity contribution in [2.45, 2.75) is 38.6 Å². The zero-order valence-corrected chi connectivity index (χ0v) is 11.4. The first-order valence-corrected chi connectivity index (χ1v) is 6.67. The van der Waals surface area contributed by atoms with Crippen LogP contribution in [0.4, 0.5) is 0 Å². The van der Waals surface area contributed by atoms with E-state index in [1.807, 2.05) is 13.1 Å². The SMILES string of the molecule is Cc1nc(CN2CCC[C@](C)(c3ccn[nH]3)C2)no1. The third-order valence-electron chi connectivity index (χ3n) is 3.86. The first-order chi connectivity index (χ1) is 9.16. The monoisotopic (exact) mass is 261 g/mol. The highest BCUT2D eigenvalue weighted by Gasteiger charge is 2.34. The molecule has 3 rings (SSSR count). The van der Waals surface area contributed by atoms with Crippen LogP contribution < -0.4 is 0 Å². The van der Waals surface area contributed by atoms with Crippen molar-refractivity contribution in [2.75, 3.05) is 13.1 Å². The normalized spacial score (nSPS) is 24.7. The Kier molecular flexibility index (Phi) is 3.10. The van der Waals surface area contributed by atoms with E-state index in [1.165, 1.54) is 18.5 Å². The van der Waals surface area contributed by atoms with Crippen LogP contribution in [0.25, 0.3) is 0 Å². The molecule has 1 aliphatic rings. The first-order valence-electron chi connectivity index (χ1n) is 6.67. The number of aromatic nitrogens is 4. The lowest BCUT2D eigenvalue weighted by Crippen LogP contribution is -2.44. The van der Waals surface area contributed by atoms with Crippen LogP contribution in [0.1, 0.15) is 37.2 Å². The van der Waals surface area contributed by atoms with Gasteiger partial charge in [0.25, 0.3) is 0 Å². The Morgan fingerprint density at radius 2 is 2.42 bits per heavy atom. The molecule has 1 aliphatic heterocycles. The summed E-state index contributed by atoms with van der Waals surface area (Å²) >= 11 is 0. The second kappa shape index (κ2) is 4.77. The smallest absolute Gasteiger partial charge is 0.223 e. The number of piperidine rings is 1. The molecule has 0 radical (unpaired) electrons. The molecule has 0 unspecified atom stereocenters. The zero-order valence-electron chi connectivity index (χ0n) is 11.4. The quantitative estimate of drug-likeness (QED) is 0.909. The number of nitrogens with one attached hydrogen (secondary N) is 1. The van der Waals surface area contributed by atoms with Crippen molar-refractivity contribution in [3.05, 3.63) is 29.7 Å². The standard InChI is InChI=1S/C13H19N5O/c1-10-15-12(17-19-10)8-18-7-3-5-13(2,9-18)11-4-6-14-16-11/h4,6H,3,5,7-9H2,1-2H3,(H,14,16)/t13-/m0/s1. The molecule has 2 aromatic rings. The average Bonchev–Trinajstić information content (AvgIpc) is 3.01. The van der Waals surface area contributed by atoms with Gasteiger partial charge in [0.05, 0.1) is 6.54 Å². The van der Waals surface area contributed by atoms with Crippen molar-refractivity contribution < 1.29 is 4.52 Å². The highest BCUT2D eigenvalue weighted by atomic mass is 16.5. The van der Waals surface area contributed by atoms with Gasteiger partial charge in [-0.2, -0.15) is 10.1 Å². The van der Waals surface area contributed by atoms with Gasteiger partial charge in [-0.25, -0.2) is 0 Å². The number of H-pyrrole nitrogens is 1. The van der Waals surface area contributed by atoms with E-state index in [0.717, 1.165) is 25.5 Å². The number of rotatable bonds is 3. The fourth-order valence-corrected chi connectivity index (χ4v) is 2.90. The van der Waals surface area contributed by atoms with Crippen LogP contribution in [0.3, 0.4) is 0 Å². The van der Waals surface area contributed by atoms with Crippen molar-refractivity contribution in [3.8, 4) is 0 Å². The molecule has 6 heteroatoms. The van der Waals surface area contributed by atoms with Crippen molar-refractivity contribution in [3.63, 3.8) is 0 Å². The predicted molar refractivity (Wildman–Crippen MR) is 69.5 cm³/mol. The number of aromatic amines is 1. The molecular weight excluding hydrogens is 242 g/mol. The van der Waals surface area contributed by atoms with Gasteiger partial charge in [-0.05, 0) is 25.5 Å². The lowest BCUT2D eigenvalue weighted by Gasteiger charge is -2.39. The van der Waals surface area contributed by atoms with E-state index in [2.05, 4.69) is 38.2 Å². The van der Waals surface area contributed by atoms with E-state index >= 15 is 0 Å². The minimum atomic E-state index is 0.132. The molecule has 1 saturated heterocycles. The average molecular weight is 261 g/mol. The van der Waals surface area contributed by atoms with Crippen molar-refractivity contribution in [1.82, 2.24) is 25.2 Å². The highest BCUT2D eigenvalue weighted by Crippen LogP contribution is 2.32. The maximum absolute atomic E-state index is 5.03. The molecule has 1 fully saturated rings. The fraction of sp³-hybridized carbons (Fsp3) is 0.615. The summed E-state index contributed by atoms with van der Waals surface area (Å²) in [5.74, 6) is 1.40. The van der Waals surface area contributed by atoms with Gasteiger partial charge in [-0.3, -0.25) is 10.00 Å². The van der Waals surface area contributed by atoms with Crippen LogP contribution in [-0.2, 0) is 12.0 Å². The number of aryl methyl sites for hydroxylation is 1. The molecule has 19 heavy (non-hydrogen) atoms. The maximum atomic E-state index is 5.03. The third kappa shape index (κ3) is 2.53. The number of hydrogen-bond acceptors (Lipinski definition) is 5. The Morgan fingerprint density at radius 1 is 1.53 bits per heavy atom. The van der Waals surface area contributed by atoms with E-state index < -0.39 is 0 Å². The van der Waals surface area contributed by atoms with E-state index in [-0.39, 0.29) is 5.41 Å².